The van der Waals surface area contributed by atoms with Gasteiger partial charge in [-0.2, -0.15) is 0 Å². The number of hydrogen-bond acceptors (Lipinski definition) is 4. The third-order valence-electron chi connectivity index (χ3n) is 1.84. The van der Waals surface area contributed by atoms with E-state index in [0.29, 0.717) is 13.2 Å². The van der Waals surface area contributed by atoms with E-state index < -0.39 is 4.75 Å². The fourth-order valence-electron chi connectivity index (χ4n) is 1.10. The molecular weight excluding hydrogens is 190 g/mol. The van der Waals surface area contributed by atoms with Gasteiger partial charge in [0.15, 0.2) is 0 Å². The van der Waals surface area contributed by atoms with Crippen molar-refractivity contribution in [3.63, 3.8) is 0 Å². The van der Waals surface area contributed by atoms with Gasteiger partial charge in [0.05, 0.1) is 17.9 Å². The molecule has 0 unspecified atom stereocenters. The van der Waals surface area contributed by atoms with Crippen LogP contribution in [0, 0.1) is 0 Å². The zero-order valence-corrected chi connectivity index (χ0v) is 8.81. The zero-order valence-electron chi connectivity index (χ0n) is 7.99. The SMILES string of the molecule is COCCN1C(=O)SC(C)(C)C1=O. The highest BCUT2D eigenvalue weighted by Gasteiger charge is 2.45. The molecule has 0 aliphatic carbocycles. The predicted molar refractivity (Wildman–Crippen MR) is 50.7 cm³/mol. The van der Waals surface area contributed by atoms with Crippen molar-refractivity contribution in [3.8, 4) is 0 Å². The van der Waals surface area contributed by atoms with Gasteiger partial charge in [0.25, 0.3) is 5.24 Å². The minimum atomic E-state index is -0.606. The Balaban J connectivity index is 2.66. The molecule has 5 heteroatoms. The molecule has 0 aromatic heterocycles. The number of rotatable bonds is 3. The van der Waals surface area contributed by atoms with Crippen LogP contribution >= 0.6 is 11.8 Å². The lowest BCUT2D eigenvalue weighted by atomic mass is 10.2. The van der Waals surface area contributed by atoms with Crippen molar-refractivity contribution in [2.45, 2.75) is 18.6 Å². The van der Waals surface area contributed by atoms with Gasteiger partial charge in [-0.05, 0) is 25.6 Å². The summed E-state index contributed by atoms with van der Waals surface area (Å²) in [7, 11) is 1.54. The highest BCUT2D eigenvalue weighted by molar-refractivity contribution is 8.16. The van der Waals surface area contributed by atoms with Gasteiger partial charge < -0.3 is 4.74 Å². The van der Waals surface area contributed by atoms with Gasteiger partial charge in [0, 0.05) is 7.11 Å². The third kappa shape index (κ3) is 2.03. The number of thioether (sulfide) groups is 1. The maximum atomic E-state index is 11.6. The summed E-state index contributed by atoms with van der Waals surface area (Å²) in [6, 6.07) is 0. The van der Waals surface area contributed by atoms with E-state index in [0.717, 1.165) is 11.8 Å². The first kappa shape index (κ1) is 10.5. The second-order valence-corrected chi connectivity index (χ2v) is 4.90. The Kier molecular flexibility index (Phi) is 2.98. The minimum absolute atomic E-state index is 0.125. The number of carbonyl (C=O) groups is 2. The number of hydrogen-bond donors (Lipinski definition) is 0. The van der Waals surface area contributed by atoms with Crippen molar-refractivity contribution in [2.24, 2.45) is 0 Å². The van der Waals surface area contributed by atoms with Crippen molar-refractivity contribution in [3.05, 3.63) is 0 Å². The van der Waals surface area contributed by atoms with Crippen LogP contribution < -0.4 is 0 Å². The van der Waals surface area contributed by atoms with Crippen LogP contribution in [0.1, 0.15) is 13.8 Å². The van der Waals surface area contributed by atoms with Crippen LogP contribution in [0.4, 0.5) is 4.79 Å². The van der Waals surface area contributed by atoms with E-state index in [1.165, 1.54) is 4.90 Å². The summed E-state index contributed by atoms with van der Waals surface area (Å²) >= 11 is 1.07. The smallest absolute Gasteiger partial charge is 0.289 e. The molecule has 1 aliphatic heterocycles. The van der Waals surface area contributed by atoms with E-state index in [-0.39, 0.29) is 11.1 Å². The maximum absolute atomic E-state index is 11.6. The molecule has 74 valence electrons. The van der Waals surface area contributed by atoms with Gasteiger partial charge in [-0.1, -0.05) is 0 Å². The molecule has 0 saturated carbocycles. The van der Waals surface area contributed by atoms with Crippen molar-refractivity contribution in [1.29, 1.82) is 0 Å². The Hall–Kier alpha value is -0.550. The van der Waals surface area contributed by atoms with Gasteiger partial charge in [-0.15, -0.1) is 0 Å². The molecule has 13 heavy (non-hydrogen) atoms. The first-order valence-electron chi connectivity index (χ1n) is 4.03. The standard InChI is InChI=1S/C8H13NO3S/c1-8(2)6(10)9(4-5-12-3)7(11)13-8/h4-5H2,1-3H3. The molecule has 0 spiro atoms. The highest BCUT2D eigenvalue weighted by atomic mass is 32.2. The van der Waals surface area contributed by atoms with Gasteiger partial charge in [-0.3, -0.25) is 14.5 Å². The van der Waals surface area contributed by atoms with E-state index in [9.17, 15) is 9.59 Å². The van der Waals surface area contributed by atoms with Crippen molar-refractivity contribution < 1.29 is 14.3 Å². The van der Waals surface area contributed by atoms with Crippen LogP contribution in [-0.2, 0) is 9.53 Å². The van der Waals surface area contributed by atoms with Gasteiger partial charge in [-0.25, -0.2) is 0 Å². The monoisotopic (exact) mass is 203 g/mol. The number of carbonyl (C=O) groups excluding carboxylic acids is 2. The van der Waals surface area contributed by atoms with E-state index >= 15 is 0 Å². The second kappa shape index (κ2) is 3.67. The molecule has 1 aliphatic rings. The largest absolute Gasteiger partial charge is 0.383 e. The van der Waals surface area contributed by atoms with Crippen molar-refractivity contribution in [2.75, 3.05) is 20.3 Å². The molecule has 0 aromatic carbocycles. The Bertz CT molecular complexity index is 240. The van der Waals surface area contributed by atoms with Gasteiger partial charge >= 0.3 is 0 Å². The van der Waals surface area contributed by atoms with E-state index in [1.54, 1.807) is 21.0 Å². The van der Waals surface area contributed by atoms with Gasteiger partial charge in [0.2, 0.25) is 5.91 Å². The molecule has 0 radical (unpaired) electrons. The molecule has 0 bridgehead atoms. The molecule has 4 nitrogen and oxygen atoms in total. The van der Waals surface area contributed by atoms with Crippen LogP contribution in [-0.4, -0.2) is 41.1 Å². The van der Waals surface area contributed by atoms with Crippen LogP contribution in [0.5, 0.6) is 0 Å². The first-order valence-corrected chi connectivity index (χ1v) is 4.84. The molecule has 0 N–H and O–H groups in total. The Morgan fingerprint density at radius 2 is 2.08 bits per heavy atom. The van der Waals surface area contributed by atoms with Crippen LogP contribution in [0.2, 0.25) is 0 Å². The molecule has 1 saturated heterocycles. The lowest BCUT2D eigenvalue weighted by Crippen LogP contribution is -2.37. The quantitative estimate of drug-likeness (QED) is 0.689. The summed E-state index contributed by atoms with van der Waals surface area (Å²) < 4.78 is 4.21. The lowest BCUT2D eigenvalue weighted by molar-refractivity contribution is -0.129. The Morgan fingerprint density at radius 1 is 1.46 bits per heavy atom. The predicted octanol–water partition coefficient (Wildman–Crippen LogP) is 1.11. The van der Waals surface area contributed by atoms with Crippen molar-refractivity contribution in [1.82, 2.24) is 4.90 Å². The molecule has 2 amide bonds. The van der Waals surface area contributed by atoms with Crippen LogP contribution in [0.25, 0.3) is 0 Å². The van der Waals surface area contributed by atoms with Crippen molar-refractivity contribution >= 4 is 22.9 Å². The fraction of sp³-hybridized carbons (Fsp3) is 0.750. The lowest BCUT2D eigenvalue weighted by Gasteiger charge is -2.15. The normalized spacial score (nSPS) is 21.3. The highest BCUT2D eigenvalue weighted by Crippen LogP contribution is 2.36. The third-order valence-corrected chi connectivity index (χ3v) is 2.92. The first-order chi connectivity index (χ1) is 5.99. The van der Waals surface area contributed by atoms with E-state index in [4.69, 9.17) is 4.74 Å². The number of nitrogens with zero attached hydrogens (tertiary/aromatic N) is 1. The summed E-state index contributed by atoms with van der Waals surface area (Å²) in [5.41, 5.74) is 0. The summed E-state index contributed by atoms with van der Waals surface area (Å²) in [6.45, 7) is 4.26. The average molecular weight is 203 g/mol. The fourth-order valence-corrected chi connectivity index (χ4v) is 2.02. The topological polar surface area (TPSA) is 46.6 Å². The average Bonchev–Trinajstić information content (AvgIpc) is 2.21. The summed E-state index contributed by atoms with van der Waals surface area (Å²) in [5.74, 6) is -0.125. The Labute approximate surface area is 81.6 Å². The molecule has 1 fully saturated rings. The summed E-state index contributed by atoms with van der Waals surface area (Å²) in [6.07, 6.45) is 0. The zero-order chi connectivity index (χ0) is 10.1. The molecular formula is C8H13NO3S. The Morgan fingerprint density at radius 3 is 2.46 bits per heavy atom. The number of ether oxygens (including phenoxy) is 1. The van der Waals surface area contributed by atoms with Gasteiger partial charge in [0.1, 0.15) is 0 Å². The van der Waals surface area contributed by atoms with Crippen LogP contribution in [0.3, 0.4) is 0 Å². The molecule has 0 atom stereocenters. The molecule has 1 rings (SSSR count). The maximum Gasteiger partial charge on any atom is 0.289 e. The number of imide groups is 1. The number of methoxy groups -OCH3 is 1. The second-order valence-electron chi connectivity index (χ2n) is 3.33. The number of amides is 2. The van der Waals surface area contributed by atoms with E-state index in [2.05, 4.69) is 0 Å². The molecule has 0 aromatic rings. The minimum Gasteiger partial charge on any atom is -0.383 e. The molecule has 1 heterocycles. The summed E-state index contributed by atoms with van der Waals surface area (Å²) in [5, 5.41) is -0.174. The van der Waals surface area contributed by atoms with E-state index in [1.807, 2.05) is 0 Å². The summed E-state index contributed by atoms with van der Waals surface area (Å²) in [4.78, 5) is 24.1. The van der Waals surface area contributed by atoms with Crippen LogP contribution in [0.15, 0.2) is 0 Å².